The number of furan rings is 1. The van der Waals surface area contributed by atoms with Crippen LogP contribution in [0.25, 0.3) is 0 Å². The lowest BCUT2D eigenvalue weighted by atomic mass is 10.1. The molecule has 8 heteroatoms. The molecule has 3 amide bonds. The van der Waals surface area contributed by atoms with E-state index in [0.29, 0.717) is 5.06 Å². The lowest BCUT2D eigenvalue weighted by molar-refractivity contribution is -0.170. The van der Waals surface area contributed by atoms with Crippen molar-refractivity contribution in [3.05, 3.63) is 95.4 Å². The van der Waals surface area contributed by atoms with Gasteiger partial charge in [-0.05, 0) is 29.8 Å². The Morgan fingerprint density at radius 3 is 2.13 bits per heavy atom. The highest BCUT2D eigenvalue weighted by molar-refractivity contribution is 6.21. The third kappa shape index (κ3) is 3.70. The molecule has 0 aliphatic carbocycles. The Balaban J connectivity index is 1.54. The van der Waals surface area contributed by atoms with Gasteiger partial charge < -0.3 is 14.6 Å². The maximum Gasteiger partial charge on any atom is 0.355 e. The number of rotatable bonds is 6. The number of imide groups is 1. The van der Waals surface area contributed by atoms with Gasteiger partial charge in [0.15, 0.2) is 5.76 Å². The summed E-state index contributed by atoms with van der Waals surface area (Å²) < 4.78 is 5.05. The fourth-order valence-electron chi connectivity index (χ4n) is 3.08. The highest BCUT2D eigenvalue weighted by Crippen LogP contribution is 2.23. The van der Waals surface area contributed by atoms with Gasteiger partial charge in [-0.1, -0.05) is 47.5 Å². The minimum Gasteiger partial charge on any atom is -0.459 e. The van der Waals surface area contributed by atoms with Gasteiger partial charge in [-0.2, -0.15) is 0 Å². The Morgan fingerprint density at radius 2 is 1.53 bits per heavy atom. The van der Waals surface area contributed by atoms with Crippen LogP contribution in [0.5, 0.6) is 0 Å². The zero-order valence-electron chi connectivity index (χ0n) is 15.6. The molecular weight excluding hydrogens is 388 g/mol. The van der Waals surface area contributed by atoms with Gasteiger partial charge in [0.05, 0.1) is 17.4 Å². The Hall–Kier alpha value is -4.20. The molecule has 0 fully saturated rings. The molecule has 1 N–H and O–H groups in total. The van der Waals surface area contributed by atoms with E-state index in [1.54, 1.807) is 36.4 Å². The summed E-state index contributed by atoms with van der Waals surface area (Å²) in [6, 6.07) is 16.9. The Labute approximate surface area is 171 Å². The van der Waals surface area contributed by atoms with E-state index in [4.69, 9.17) is 9.25 Å². The number of nitrogens with zero attached hydrogens (tertiary/aromatic N) is 1. The number of nitrogens with one attached hydrogen (secondary N) is 1. The topological polar surface area (TPSA) is 106 Å². The second kappa shape index (κ2) is 8.04. The molecule has 0 bridgehead atoms. The minimum atomic E-state index is -1.16. The molecule has 8 nitrogen and oxygen atoms in total. The number of hydrogen-bond acceptors (Lipinski definition) is 6. The summed E-state index contributed by atoms with van der Waals surface area (Å²) in [5.41, 5.74) is 1.05. The average molecular weight is 404 g/mol. The fourth-order valence-corrected chi connectivity index (χ4v) is 3.08. The van der Waals surface area contributed by atoms with Crippen LogP contribution in [0.1, 0.15) is 36.8 Å². The van der Waals surface area contributed by atoms with Crippen molar-refractivity contribution in [3.8, 4) is 0 Å². The number of fused-ring (bicyclic) bond motifs is 1. The second-order valence-corrected chi connectivity index (χ2v) is 6.55. The third-order valence-electron chi connectivity index (χ3n) is 4.56. The van der Waals surface area contributed by atoms with Gasteiger partial charge in [0.1, 0.15) is 6.04 Å². The largest absolute Gasteiger partial charge is 0.459 e. The first kappa shape index (κ1) is 19.1. The van der Waals surface area contributed by atoms with Crippen molar-refractivity contribution in [1.29, 1.82) is 0 Å². The lowest BCUT2D eigenvalue weighted by Gasteiger charge is -2.20. The summed E-state index contributed by atoms with van der Waals surface area (Å²) in [5.74, 6) is -3.03. The molecule has 3 aromatic rings. The molecule has 1 aliphatic rings. The standard InChI is InChI=1S/C22H16N2O6/c25-19(18-11-6-12-29-18)23-17(13-14-7-2-1-3-8-14)22(28)30-24-20(26)15-9-4-5-10-16(15)21(24)27/h1-12,17H,13H2,(H,23,25). The molecule has 1 unspecified atom stereocenters. The van der Waals surface area contributed by atoms with Gasteiger partial charge in [0.2, 0.25) is 0 Å². The van der Waals surface area contributed by atoms with Gasteiger partial charge in [0, 0.05) is 6.42 Å². The van der Waals surface area contributed by atoms with E-state index < -0.39 is 29.7 Å². The van der Waals surface area contributed by atoms with Crippen molar-refractivity contribution in [1.82, 2.24) is 10.4 Å². The normalized spacial score (nSPS) is 13.7. The quantitative estimate of drug-likeness (QED) is 0.633. The molecule has 2 aromatic carbocycles. The molecule has 1 aromatic heterocycles. The summed E-state index contributed by atoms with van der Waals surface area (Å²) in [6.07, 6.45) is 1.42. The lowest BCUT2D eigenvalue weighted by Crippen LogP contribution is -2.46. The van der Waals surface area contributed by atoms with Crippen LogP contribution < -0.4 is 5.32 Å². The molecule has 4 rings (SSSR count). The van der Waals surface area contributed by atoms with Gasteiger partial charge in [-0.15, -0.1) is 0 Å². The zero-order valence-corrected chi connectivity index (χ0v) is 15.6. The number of carbonyl (C=O) groups is 4. The number of benzene rings is 2. The molecule has 0 spiro atoms. The van der Waals surface area contributed by atoms with Gasteiger partial charge >= 0.3 is 5.97 Å². The van der Waals surface area contributed by atoms with Crippen LogP contribution in [0.3, 0.4) is 0 Å². The predicted molar refractivity (Wildman–Crippen MR) is 103 cm³/mol. The van der Waals surface area contributed by atoms with Crippen LogP contribution in [0.15, 0.2) is 77.4 Å². The smallest absolute Gasteiger partial charge is 0.355 e. The van der Waals surface area contributed by atoms with E-state index >= 15 is 0 Å². The zero-order chi connectivity index (χ0) is 21.1. The van der Waals surface area contributed by atoms with Crippen LogP contribution in [-0.2, 0) is 16.1 Å². The first-order chi connectivity index (χ1) is 14.5. The first-order valence-corrected chi connectivity index (χ1v) is 9.12. The minimum absolute atomic E-state index is 0.0154. The van der Waals surface area contributed by atoms with E-state index in [1.165, 1.54) is 30.5 Å². The molecule has 0 saturated carbocycles. The number of carbonyl (C=O) groups excluding carboxylic acids is 4. The van der Waals surface area contributed by atoms with Crippen molar-refractivity contribution < 1.29 is 28.4 Å². The van der Waals surface area contributed by atoms with Crippen molar-refractivity contribution in [2.45, 2.75) is 12.5 Å². The SMILES string of the molecule is O=C(NC(Cc1ccccc1)C(=O)ON1C(=O)c2ccccc2C1=O)c1ccco1. The van der Waals surface area contributed by atoms with E-state index in [2.05, 4.69) is 5.32 Å². The number of hydrogen-bond donors (Lipinski definition) is 1. The van der Waals surface area contributed by atoms with Gasteiger partial charge in [-0.3, -0.25) is 14.4 Å². The van der Waals surface area contributed by atoms with Crippen LogP contribution >= 0.6 is 0 Å². The Kier molecular flexibility index (Phi) is 5.13. The first-order valence-electron chi connectivity index (χ1n) is 9.12. The molecule has 1 aliphatic heterocycles. The predicted octanol–water partition coefficient (Wildman–Crippen LogP) is 2.38. The molecule has 150 valence electrons. The fraction of sp³-hybridized carbons (Fsp3) is 0.0909. The van der Waals surface area contributed by atoms with Crippen LogP contribution in [-0.4, -0.2) is 34.8 Å². The number of amides is 3. The van der Waals surface area contributed by atoms with Crippen molar-refractivity contribution in [2.75, 3.05) is 0 Å². The van der Waals surface area contributed by atoms with E-state index in [1.807, 2.05) is 6.07 Å². The van der Waals surface area contributed by atoms with E-state index in [9.17, 15) is 19.2 Å². The Bertz CT molecular complexity index is 1070. The molecule has 1 atom stereocenters. The van der Waals surface area contributed by atoms with E-state index in [0.717, 1.165) is 5.56 Å². The highest BCUT2D eigenvalue weighted by Gasteiger charge is 2.40. The summed E-state index contributed by atoms with van der Waals surface area (Å²) in [4.78, 5) is 55.3. The molecule has 2 heterocycles. The van der Waals surface area contributed by atoms with Gasteiger partial charge in [0.25, 0.3) is 17.7 Å². The summed E-state index contributed by atoms with van der Waals surface area (Å²) in [6.45, 7) is 0. The Morgan fingerprint density at radius 1 is 0.900 bits per heavy atom. The van der Waals surface area contributed by atoms with Crippen LogP contribution in [0.4, 0.5) is 0 Å². The molecule has 0 radical (unpaired) electrons. The maximum atomic E-state index is 12.8. The van der Waals surface area contributed by atoms with Crippen molar-refractivity contribution in [2.24, 2.45) is 0 Å². The molecule has 0 saturated heterocycles. The van der Waals surface area contributed by atoms with Crippen LogP contribution in [0.2, 0.25) is 0 Å². The van der Waals surface area contributed by atoms with E-state index in [-0.39, 0.29) is 23.3 Å². The summed E-state index contributed by atoms with van der Waals surface area (Å²) in [5, 5.41) is 2.96. The number of hydroxylamine groups is 2. The summed E-state index contributed by atoms with van der Waals surface area (Å²) >= 11 is 0. The second-order valence-electron chi connectivity index (χ2n) is 6.55. The molecular formula is C22H16N2O6. The van der Waals surface area contributed by atoms with Crippen molar-refractivity contribution in [3.63, 3.8) is 0 Å². The monoisotopic (exact) mass is 404 g/mol. The maximum absolute atomic E-state index is 12.8. The van der Waals surface area contributed by atoms with Crippen molar-refractivity contribution >= 4 is 23.7 Å². The van der Waals surface area contributed by atoms with Gasteiger partial charge in [-0.25, -0.2) is 4.79 Å². The highest BCUT2D eigenvalue weighted by atomic mass is 16.7. The summed E-state index contributed by atoms with van der Waals surface area (Å²) in [7, 11) is 0. The average Bonchev–Trinajstić information content (AvgIpc) is 3.38. The van der Waals surface area contributed by atoms with Crippen LogP contribution in [0, 0.1) is 0 Å². The third-order valence-corrected chi connectivity index (χ3v) is 4.56. The molecule has 30 heavy (non-hydrogen) atoms.